The van der Waals surface area contributed by atoms with Gasteiger partial charge in [0.05, 0.1) is 5.70 Å². The van der Waals surface area contributed by atoms with Crippen molar-refractivity contribution in [1.82, 2.24) is 15.3 Å². The monoisotopic (exact) mass is 556 g/mol. The zero-order valence-corrected chi connectivity index (χ0v) is 25.6. The van der Waals surface area contributed by atoms with Gasteiger partial charge in [-0.15, -0.1) is 0 Å². The third-order valence-corrected chi connectivity index (χ3v) is 8.93. The van der Waals surface area contributed by atoms with Crippen molar-refractivity contribution in [2.24, 2.45) is 5.92 Å². The van der Waals surface area contributed by atoms with Crippen molar-refractivity contribution in [2.45, 2.75) is 64.3 Å². The Morgan fingerprint density at radius 1 is 0.929 bits per heavy atom. The molecule has 0 radical (unpaired) electrons. The molecule has 0 spiro atoms. The second-order valence-corrected chi connectivity index (χ2v) is 12.3. The van der Waals surface area contributed by atoms with Gasteiger partial charge in [0.1, 0.15) is 0 Å². The van der Waals surface area contributed by atoms with Gasteiger partial charge in [-0.25, -0.2) is 9.97 Å². The van der Waals surface area contributed by atoms with Crippen LogP contribution < -0.4 is 10.6 Å². The van der Waals surface area contributed by atoms with Crippen molar-refractivity contribution in [2.75, 3.05) is 12.4 Å². The van der Waals surface area contributed by atoms with Gasteiger partial charge in [-0.05, 0) is 96.5 Å². The van der Waals surface area contributed by atoms with Crippen molar-refractivity contribution in [3.63, 3.8) is 0 Å². The van der Waals surface area contributed by atoms with Gasteiger partial charge in [-0.2, -0.15) is 0 Å². The van der Waals surface area contributed by atoms with Crippen LogP contribution in [0.25, 0.3) is 11.8 Å². The summed E-state index contributed by atoms with van der Waals surface area (Å²) in [4.78, 5) is 8.94. The molecule has 0 saturated heterocycles. The van der Waals surface area contributed by atoms with Crippen molar-refractivity contribution in [3.05, 3.63) is 137 Å². The van der Waals surface area contributed by atoms with Crippen molar-refractivity contribution in [1.29, 1.82) is 0 Å². The number of benzene rings is 3. The number of anilines is 1. The predicted octanol–water partition coefficient (Wildman–Crippen LogP) is 8.16. The van der Waals surface area contributed by atoms with Gasteiger partial charge < -0.3 is 10.6 Å². The molecule has 216 valence electrons. The molecule has 1 aliphatic carbocycles. The first-order valence-electron chi connectivity index (χ1n) is 15.1. The third kappa shape index (κ3) is 6.82. The van der Waals surface area contributed by atoms with Gasteiger partial charge in [0.2, 0.25) is 0 Å². The Bertz CT molecular complexity index is 1530. The number of hydrogen-bond donors (Lipinski definition) is 2. The fourth-order valence-electron chi connectivity index (χ4n) is 5.96. The average Bonchev–Trinajstić information content (AvgIpc) is 2.99. The second kappa shape index (κ2) is 12.8. The molecular weight excluding hydrogens is 512 g/mol. The van der Waals surface area contributed by atoms with E-state index in [-0.39, 0.29) is 5.41 Å². The number of nitrogens with zero attached hydrogens (tertiary/aromatic N) is 2. The maximum absolute atomic E-state index is 4.64. The molecule has 0 aliphatic heterocycles. The summed E-state index contributed by atoms with van der Waals surface area (Å²) >= 11 is 0. The maximum atomic E-state index is 4.64. The molecule has 1 fully saturated rings. The zero-order valence-electron chi connectivity index (χ0n) is 25.6. The van der Waals surface area contributed by atoms with Crippen LogP contribution in [0.15, 0.2) is 92.2 Å². The van der Waals surface area contributed by atoms with Crippen LogP contribution in [0.3, 0.4) is 0 Å². The summed E-state index contributed by atoms with van der Waals surface area (Å²) in [7, 11) is 1.84. The number of aryl methyl sites for hydroxylation is 3. The first kappa shape index (κ1) is 29.3. The molecule has 1 saturated carbocycles. The van der Waals surface area contributed by atoms with Crippen molar-refractivity contribution in [3.8, 4) is 0 Å². The van der Waals surface area contributed by atoms with E-state index >= 15 is 0 Å². The molecular formula is C38H44N4. The molecule has 4 nitrogen and oxygen atoms in total. The van der Waals surface area contributed by atoms with Gasteiger partial charge >= 0.3 is 0 Å². The van der Waals surface area contributed by atoms with Crippen LogP contribution >= 0.6 is 0 Å². The highest BCUT2D eigenvalue weighted by Gasteiger charge is 2.29. The molecule has 4 heteroatoms. The minimum Gasteiger partial charge on any atom is -0.386 e. The largest absolute Gasteiger partial charge is 0.386 e. The first-order valence-corrected chi connectivity index (χ1v) is 15.1. The van der Waals surface area contributed by atoms with E-state index in [9.17, 15) is 0 Å². The standard InChI is InChI=1S/C38H44N4/c1-7-31-13-19-35(22-26(31)2)41-36-24-30(25-36)23-29-10-16-33(17-11-29)38(4,5)32-14-8-28(9-15-32)12-18-34-20-21-40-37(42-34)27(3)39-6/h7-11,13-17,19-22,30,36,39,41H,1,3,12,18,23-25H2,2,4-6H3/t30-,36+. The average molecular weight is 557 g/mol. The molecule has 3 aromatic carbocycles. The van der Waals surface area contributed by atoms with Crippen LogP contribution in [0.1, 0.15) is 71.6 Å². The molecule has 0 unspecified atom stereocenters. The molecule has 42 heavy (non-hydrogen) atoms. The fraction of sp³-hybridized carbons (Fsp3) is 0.316. The molecule has 1 aromatic heterocycles. The van der Waals surface area contributed by atoms with Gasteiger partial charge in [0.15, 0.2) is 5.82 Å². The third-order valence-electron chi connectivity index (χ3n) is 8.93. The molecule has 1 heterocycles. The SMILES string of the molecule is C=Cc1ccc(N[C@H]2C[C@@H](Cc3ccc(C(C)(C)c4ccc(CCc5ccnc(C(=C)NC)n5)cc4)cc3)C2)cc1C. The highest BCUT2D eigenvalue weighted by atomic mass is 15.0. The molecule has 0 atom stereocenters. The normalized spacial score (nSPS) is 16.4. The molecule has 2 N–H and O–H groups in total. The van der Waals surface area contributed by atoms with E-state index in [0.29, 0.717) is 11.9 Å². The number of hydrogen-bond acceptors (Lipinski definition) is 4. The summed E-state index contributed by atoms with van der Waals surface area (Å²) in [5, 5.41) is 6.74. The van der Waals surface area contributed by atoms with E-state index < -0.39 is 0 Å². The predicted molar refractivity (Wildman–Crippen MR) is 178 cm³/mol. The summed E-state index contributed by atoms with van der Waals surface area (Å²) in [6, 6.07) is 27.5. The summed E-state index contributed by atoms with van der Waals surface area (Å²) in [6.07, 6.45) is 9.15. The van der Waals surface area contributed by atoms with Crippen LogP contribution in [0.2, 0.25) is 0 Å². The van der Waals surface area contributed by atoms with Gasteiger partial charge in [0.25, 0.3) is 0 Å². The molecule has 0 amide bonds. The van der Waals surface area contributed by atoms with Gasteiger partial charge in [-0.3, -0.25) is 0 Å². The zero-order chi connectivity index (χ0) is 29.7. The summed E-state index contributed by atoms with van der Waals surface area (Å²) < 4.78 is 0. The molecule has 0 bridgehead atoms. The lowest BCUT2D eigenvalue weighted by Crippen LogP contribution is -2.36. The van der Waals surface area contributed by atoms with Crippen LogP contribution in [0.4, 0.5) is 5.69 Å². The minimum absolute atomic E-state index is 0.0586. The lowest BCUT2D eigenvalue weighted by molar-refractivity contribution is 0.281. The van der Waals surface area contributed by atoms with E-state index in [4.69, 9.17) is 0 Å². The highest BCUT2D eigenvalue weighted by molar-refractivity contribution is 5.58. The van der Waals surface area contributed by atoms with Gasteiger partial charge in [0, 0.05) is 36.1 Å². The Kier molecular flexibility index (Phi) is 8.91. The van der Waals surface area contributed by atoms with Crippen molar-refractivity contribution >= 4 is 17.5 Å². The Morgan fingerprint density at radius 3 is 2.21 bits per heavy atom. The van der Waals surface area contributed by atoms with Crippen LogP contribution in [0, 0.1) is 12.8 Å². The summed E-state index contributed by atoms with van der Waals surface area (Å²) in [6.45, 7) is 14.6. The Labute approximate surface area is 252 Å². The van der Waals surface area contributed by atoms with Crippen LogP contribution in [0.5, 0.6) is 0 Å². The highest BCUT2D eigenvalue weighted by Crippen LogP contribution is 2.35. The van der Waals surface area contributed by atoms with Crippen molar-refractivity contribution < 1.29 is 0 Å². The van der Waals surface area contributed by atoms with Crippen LogP contribution in [-0.2, 0) is 24.7 Å². The van der Waals surface area contributed by atoms with E-state index in [1.54, 1.807) is 0 Å². The van der Waals surface area contributed by atoms with Crippen LogP contribution in [-0.4, -0.2) is 23.1 Å². The Hall–Kier alpha value is -4.18. The molecule has 1 aliphatic rings. The number of aromatic nitrogens is 2. The topological polar surface area (TPSA) is 49.8 Å². The van der Waals surface area contributed by atoms with E-state index in [1.165, 1.54) is 51.9 Å². The number of nitrogens with one attached hydrogen (secondary N) is 2. The summed E-state index contributed by atoms with van der Waals surface area (Å²) in [5.41, 5.74) is 10.8. The lowest BCUT2D eigenvalue weighted by Gasteiger charge is -2.37. The first-order chi connectivity index (χ1) is 20.2. The van der Waals surface area contributed by atoms with E-state index in [1.807, 2.05) is 25.4 Å². The second-order valence-electron chi connectivity index (χ2n) is 12.3. The maximum Gasteiger partial charge on any atom is 0.175 e. The Morgan fingerprint density at radius 2 is 1.60 bits per heavy atom. The lowest BCUT2D eigenvalue weighted by atomic mass is 9.75. The summed E-state index contributed by atoms with van der Waals surface area (Å²) in [5.74, 6) is 1.41. The van der Waals surface area contributed by atoms with Gasteiger partial charge in [-0.1, -0.05) is 87.7 Å². The quantitative estimate of drug-likeness (QED) is 0.185. The van der Waals surface area contributed by atoms with E-state index in [2.05, 4.69) is 121 Å². The Balaban J connectivity index is 1.12. The number of rotatable bonds is 12. The molecule has 4 aromatic rings. The fourth-order valence-corrected chi connectivity index (χ4v) is 5.96. The smallest absolute Gasteiger partial charge is 0.175 e. The van der Waals surface area contributed by atoms with E-state index in [0.717, 1.165) is 36.6 Å². The minimum atomic E-state index is -0.0586. The molecule has 5 rings (SSSR count).